The molecule has 6 nitrogen and oxygen atoms in total. The molecule has 3 aromatic rings. The number of hydrogen-bond donors (Lipinski definition) is 1. The van der Waals surface area contributed by atoms with E-state index < -0.39 is 0 Å². The molecule has 2 aromatic heterocycles. The van der Waals surface area contributed by atoms with Gasteiger partial charge < -0.3 is 14.6 Å². The third-order valence-corrected chi connectivity index (χ3v) is 5.81. The Balaban J connectivity index is 1.32. The first-order valence-corrected chi connectivity index (χ1v) is 10.1. The quantitative estimate of drug-likeness (QED) is 0.730. The molecule has 0 aliphatic carbocycles. The second-order valence-electron chi connectivity index (χ2n) is 6.96. The number of aryl methyl sites for hydroxylation is 1. The number of benzene rings is 1. The molecule has 1 aliphatic rings. The number of hydrogen-bond acceptors (Lipinski definition) is 5. The molecule has 3 heterocycles. The Morgan fingerprint density at radius 1 is 1.18 bits per heavy atom. The van der Waals surface area contributed by atoms with Crippen LogP contribution in [-0.4, -0.2) is 40.8 Å². The Bertz CT molecular complexity index is 955. The smallest absolute Gasteiger partial charge is 0.270 e. The van der Waals surface area contributed by atoms with Crippen LogP contribution >= 0.6 is 11.3 Å². The Hall–Kier alpha value is -2.93. The molecule has 1 aromatic carbocycles. The third-order valence-electron chi connectivity index (χ3n) is 4.92. The highest BCUT2D eigenvalue weighted by molar-refractivity contribution is 7.13. The SMILES string of the molecule is Cc1ccc(-c2nc(C(=O)NC3CCN(C(=O)c4ccoc4)CC3)cs2)cc1. The standard InChI is InChI=1S/C21H21N3O3S/c1-14-2-4-15(5-3-14)20-23-18(13-28-20)19(25)22-17-6-9-24(10-7-17)21(26)16-8-11-27-12-16/h2-5,8,11-13,17H,6-7,9-10H2,1H3,(H,22,25). The van der Waals surface area contributed by atoms with Crippen LogP contribution in [0, 0.1) is 6.92 Å². The van der Waals surface area contributed by atoms with Crippen LogP contribution in [0.2, 0.25) is 0 Å². The number of carbonyl (C=O) groups excluding carboxylic acids is 2. The summed E-state index contributed by atoms with van der Waals surface area (Å²) < 4.78 is 4.98. The average molecular weight is 395 g/mol. The number of aromatic nitrogens is 1. The highest BCUT2D eigenvalue weighted by Gasteiger charge is 2.25. The van der Waals surface area contributed by atoms with Crippen molar-refractivity contribution in [3.05, 3.63) is 65.1 Å². The number of piperidine rings is 1. The van der Waals surface area contributed by atoms with E-state index in [0.29, 0.717) is 24.3 Å². The van der Waals surface area contributed by atoms with Crippen molar-refractivity contribution in [3.8, 4) is 10.6 Å². The molecular formula is C21H21N3O3S. The molecule has 0 saturated carbocycles. The minimum atomic E-state index is -0.158. The number of likely N-dealkylation sites (tertiary alicyclic amines) is 1. The lowest BCUT2D eigenvalue weighted by Crippen LogP contribution is -2.46. The summed E-state index contributed by atoms with van der Waals surface area (Å²) in [6.45, 7) is 3.26. The van der Waals surface area contributed by atoms with E-state index in [1.165, 1.54) is 29.4 Å². The van der Waals surface area contributed by atoms with Crippen LogP contribution in [0.1, 0.15) is 39.3 Å². The van der Waals surface area contributed by atoms with Gasteiger partial charge in [0.1, 0.15) is 17.0 Å². The van der Waals surface area contributed by atoms with Crippen LogP contribution in [0.15, 0.2) is 52.7 Å². The van der Waals surface area contributed by atoms with E-state index in [1.807, 2.05) is 31.2 Å². The number of furan rings is 1. The molecule has 0 atom stereocenters. The number of amides is 2. The van der Waals surface area contributed by atoms with Crippen molar-refractivity contribution in [2.24, 2.45) is 0 Å². The van der Waals surface area contributed by atoms with Gasteiger partial charge in [-0.2, -0.15) is 0 Å². The summed E-state index contributed by atoms with van der Waals surface area (Å²) in [6.07, 6.45) is 4.41. The van der Waals surface area contributed by atoms with Gasteiger partial charge in [-0.05, 0) is 25.8 Å². The first-order chi connectivity index (χ1) is 13.6. The first kappa shape index (κ1) is 18.4. The Morgan fingerprint density at radius 2 is 1.93 bits per heavy atom. The highest BCUT2D eigenvalue weighted by atomic mass is 32.1. The van der Waals surface area contributed by atoms with Gasteiger partial charge >= 0.3 is 0 Å². The van der Waals surface area contributed by atoms with E-state index >= 15 is 0 Å². The van der Waals surface area contributed by atoms with Crippen molar-refractivity contribution in [2.75, 3.05) is 13.1 Å². The normalized spacial score (nSPS) is 14.8. The van der Waals surface area contributed by atoms with Crippen molar-refractivity contribution in [3.63, 3.8) is 0 Å². The van der Waals surface area contributed by atoms with Gasteiger partial charge in [0, 0.05) is 30.1 Å². The van der Waals surface area contributed by atoms with E-state index in [0.717, 1.165) is 23.4 Å². The van der Waals surface area contributed by atoms with Gasteiger partial charge in [-0.1, -0.05) is 29.8 Å². The van der Waals surface area contributed by atoms with Gasteiger partial charge in [-0.25, -0.2) is 4.98 Å². The number of rotatable bonds is 4. The minimum absolute atomic E-state index is 0.0271. The highest BCUT2D eigenvalue weighted by Crippen LogP contribution is 2.24. The largest absolute Gasteiger partial charge is 0.472 e. The second kappa shape index (κ2) is 7.98. The van der Waals surface area contributed by atoms with Crippen molar-refractivity contribution in [1.82, 2.24) is 15.2 Å². The average Bonchev–Trinajstić information content (AvgIpc) is 3.41. The van der Waals surface area contributed by atoms with Crippen molar-refractivity contribution >= 4 is 23.2 Å². The minimum Gasteiger partial charge on any atom is -0.472 e. The molecule has 4 rings (SSSR count). The lowest BCUT2D eigenvalue weighted by Gasteiger charge is -2.32. The zero-order valence-electron chi connectivity index (χ0n) is 15.6. The van der Waals surface area contributed by atoms with E-state index in [-0.39, 0.29) is 17.9 Å². The molecule has 1 saturated heterocycles. The molecule has 1 fully saturated rings. The molecule has 0 radical (unpaired) electrons. The van der Waals surface area contributed by atoms with Crippen molar-refractivity contribution in [1.29, 1.82) is 0 Å². The maximum absolute atomic E-state index is 12.6. The fraction of sp³-hybridized carbons (Fsp3) is 0.286. The Morgan fingerprint density at radius 3 is 2.61 bits per heavy atom. The maximum atomic E-state index is 12.6. The summed E-state index contributed by atoms with van der Waals surface area (Å²) in [5.41, 5.74) is 3.21. The molecule has 0 unspecified atom stereocenters. The predicted octanol–water partition coefficient (Wildman–Crippen LogP) is 3.75. The van der Waals surface area contributed by atoms with Gasteiger partial charge in [0.05, 0.1) is 11.8 Å². The summed E-state index contributed by atoms with van der Waals surface area (Å²) in [5.74, 6) is -0.185. The zero-order chi connectivity index (χ0) is 19.5. The molecule has 144 valence electrons. The van der Waals surface area contributed by atoms with Crippen molar-refractivity contribution < 1.29 is 14.0 Å². The summed E-state index contributed by atoms with van der Waals surface area (Å²) in [4.78, 5) is 31.2. The molecule has 1 N–H and O–H groups in total. The zero-order valence-corrected chi connectivity index (χ0v) is 16.4. The van der Waals surface area contributed by atoms with Crippen molar-refractivity contribution in [2.45, 2.75) is 25.8 Å². The number of carbonyl (C=O) groups is 2. The van der Waals surface area contributed by atoms with Gasteiger partial charge in [-0.3, -0.25) is 9.59 Å². The second-order valence-corrected chi connectivity index (χ2v) is 7.81. The summed E-state index contributed by atoms with van der Waals surface area (Å²) in [5, 5.41) is 5.68. The van der Waals surface area contributed by atoms with Gasteiger partial charge in [-0.15, -0.1) is 11.3 Å². The monoisotopic (exact) mass is 395 g/mol. The molecule has 0 bridgehead atoms. The number of thiazole rings is 1. The molecule has 7 heteroatoms. The lowest BCUT2D eigenvalue weighted by molar-refractivity contribution is 0.0697. The van der Waals surface area contributed by atoms with Gasteiger partial charge in [0.25, 0.3) is 11.8 Å². The van der Waals surface area contributed by atoms with E-state index in [4.69, 9.17) is 4.42 Å². The van der Waals surface area contributed by atoms with Gasteiger partial charge in [0.2, 0.25) is 0 Å². The van der Waals surface area contributed by atoms with Crippen LogP contribution in [0.25, 0.3) is 10.6 Å². The summed E-state index contributed by atoms with van der Waals surface area (Å²) >= 11 is 1.47. The Labute approximate surface area is 167 Å². The third kappa shape index (κ3) is 3.99. The van der Waals surface area contributed by atoms with E-state index in [9.17, 15) is 9.59 Å². The molecule has 0 spiro atoms. The maximum Gasteiger partial charge on any atom is 0.270 e. The topological polar surface area (TPSA) is 75.4 Å². The number of nitrogens with zero attached hydrogens (tertiary/aromatic N) is 2. The summed E-state index contributed by atoms with van der Waals surface area (Å²) in [7, 11) is 0. The van der Waals surface area contributed by atoms with E-state index in [1.54, 1.807) is 16.3 Å². The van der Waals surface area contributed by atoms with Gasteiger partial charge in [0.15, 0.2) is 0 Å². The van der Waals surface area contributed by atoms with E-state index in [2.05, 4.69) is 10.3 Å². The fourth-order valence-electron chi connectivity index (χ4n) is 3.26. The van der Waals surface area contributed by atoms with Crippen LogP contribution in [0.5, 0.6) is 0 Å². The van der Waals surface area contributed by atoms with Crippen LogP contribution in [0.3, 0.4) is 0 Å². The lowest BCUT2D eigenvalue weighted by atomic mass is 10.0. The van der Waals surface area contributed by atoms with Crippen LogP contribution < -0.4 is 5.32 Å². The van der Waals surface area contributed by atoms with Crippen LogP contribution in [0.4, 0.5) is 0 Å². The molecular weight excluding hydrogens is 374 g/mol. The first-order valence-electron chi connectivity index (χ1n) is 9.25. The predicted molar refractivity (Wildman–Crippen MR) is 107 cm³/mol. The molecule has 2 amide bonds. The number of nitrogens with one attached hydrogen (secondary N) is 1. The summed E-state index contributed by atoms with van der Waals surface area (Å²) in [6, 6.07) is 9.82. The molecule has 28 heavy (non-hydrogen) atoms. The Kier molecular flexibility index (Phi) is 5.25. The molecule has 1 aliphatic heterocycles. The van der Waals surface area contributed by atoms with Crippen LogP contribution in [-0.2, 0) is 0 Å². The fourth-order valence-corrected chi connectivity index (χ4v) is 4.07.